The van der Waals surface area contributed by atoms with Gasteiger partial charge in [-0.25, -0.2) is 4.39 Å². The van der Waals surface area contributed by atoms with Gasteiger partial charge in [0, 0.05) is 0 Å². The van der Waals surface area contributed by atoms with E-state index in [1.807, 2.05) is 0 Å². The van der Waals surface area contributed by atoms with Crippen molar-refractivity contribution in [2.45, 2.75) is 69.2 Å². The van der Waals surface area contributed by atoms with Crippen LogP contribution < -0.4 is 5.32 Å². The maximum absolute atomic E-state index is 13.5. The van der Waals surface area contributed by atoms with Gasteiger partial charge in [0.25, 0.3) is 0 Å². The normalized spacial score (nSPS) is 32.9. The lowest BCUT2D eigenvalue weighted by Crippen LogP contribution is -2.48. The minimum Gasteiger partial charge on any atom is -0.389 e. The molecule has 0 radical (unpaired) electrons. The lowest BCUT2D eigenvalue weighted by Gasteiger charge is -2.36. The number of amides is 1. The van der Waals surface area contributed by atoms with E-state index in [0.29, 0.717) is 19.3 Å². The second kappa shape index (κ2) is 4.70. The highest BCUT2D eigenvalue weighted by atomic mass is 19.1. The number of hydrogen-bond acceptors (Lipinski definition) is 2. The van der Waals surface area contributed by atoms with Gasteiger partial charge in [0.05, 0.1) is 18.1 Å². The molecule has 0 aromatic carbocycles. The minimum atomic E-state index is -0.909. The van der Waals surface area contributed by atoms with Crippen molar-refractivity contribution in [3.8, 4) is 0 Å². The van der Waals surface area contributed by atoms with E-state index in [2.05, 4.69) is 5.32 Å². The first-order chi connectivity index (χ1) is 7.59. The van der Waals surface area contributed by atoms with Gasteiger partial charge in [-0.05, 0) is 32.1 Å². The molecule has 2 saturated carbocycles. The van der Waals surface area contributed by atoms with E-state index in [0.717, 1.165) is 25.7 Å². The quantitative estimate of drug-likeness (QED) is 0.773. The maximum Gasteiger partial charge on any atom is 0.223 e. The highest BCUT2D eigenvalue weighted by Crippen LogP contribution is 2.34. The molecule has 2 rings (SSSR count). The first kappa shape index (κ1) is 11.8. The van der Waals surface area contributed by atoms with E-state index in [9.17, 15) is 14.3 Å². The van der Waals surface area contributed by atoms with Crippen molar-refractivity contribution in [3.05, 3.63) is 0 Å². The molecule has 0 aliphatic heterocycles. The monoisotopic (exact) mass is 229 g/mol. The SMILES string of the molecule is O=C(CC1(O)CCC1)N[C@H]1CCCC[C@@H]1F. The fourth-order valence-electron chi connectivity index (χ4n) is 2.57. The molecule has 2 aliphatic carbocycles. The average Bonchev–Trinajstić information content (AvgIpc) is 2.19. The standard InChI is InChI=1S/C12H20FNO2/c13-9-4-1-2-5-10(9)14-11(15)8-12(16)6-3-7-12/h9-10,16H,1-8H2,(H,14,15)/t9-,10-/m0/s1. The van der Waals surface area contributed by atoms with Gasteiger partial charge in [-0.1, -0.05) is 12.8 Å². The Morgan fingerprint density at radius 1 is 1.31 bits per heavy atom. The summed E-state index contributed by atoms with van der Waals surface area (Å²) in [4.78, 5) is 11.6. The topological polar surface area (TPSA) is 49.3 Å². The van der Waals surface area contributed by atoms with Crippen LogP contribution in [-0.2, 0) is 4.79 Å². The van der Waals surface area contributed by atoms with Crippen LogP contribution in [0.4, 0.5) is 4.39 Å². The summed E-state index contributed by atoms with van der Waals surface area (Å²) >= 11 is 0. The van der Waals surface area contributed by atoms with Gasteiger partial charge in [-0.15, -0.1) is 0 Å². The van der Waals surface area contributed by atoms with Gasteiger partial charge in [-0.3, -0.25) is 4.79 Å². The van der Waals surface area contributed by atoms with E-state index in [4.69, 9.17) is 0 Å². The Labute approximate surface area is 95.4 Å². The van der Waals surface area contributed by atoms with Crippen molar-refractivity contribution in [2.75, 3.05) is 0 Å². The molecule has 16 heavy (non-hydrogen) atoms. The van der Waals surface area contributed by atoms with Crippen molar-refractivity contribution < 1.29 is 14.3 Å². The summed E-state index contributed by atoms with van der Waals surface area (Å²) in [5, 5.41) is 12.5. The van der Waals surface area contributed by atoms with Gasteiger partial charge < -0.3 is 10.4 Å². The van der Waals surface area contributed by atoms with Crippen LogP contribution in [-0.4, -0.2) is 28.8 Å². The van der Waals surface area contributed by atoms with Crippen LogP contribution in [0.25, 0.3) is 0 Å². The first-order valence-corrected chi connectivity index (χ1v) is 6.25. The Bertz CT molecular complexity index is 266. The number of hydrogen-bond donors (Lipinski definition) is 2. The van der Waals surface area contributed by atoms with E-state index >= 15 is 0 Å². The number of nitrogens with one attached hydrogen (secondary N) is 1. The van der Waals surface area contributed by atoms with Crippen LogP contribution in [0.3, 0.4) is 0 Å². The van der Waals surface area contributed by atoms with Crippen LogP contribution in [0.2, 0.25) is 0 Å². The third-order valence-electron chi connectivity index (χ3n) is 3.80. The molecule has 0 aromatic heterocycles. The van der Waals surface area contributed by atoms with Crippen molar-refractivity contribution in [2.24, 2.45) is 0 Å². The smallest absolute Gasteiger partial charge is 0.223 e. The summed E-state index contributed by atoms with van der Waals surface area (Å²) in [7, 11) is 0. The molecular formula is C12H20FNO2. The molecule has 2 N–H and O–H groups in total. The molecule has 0 bridgehead atoms. The van der Waals surface area contributed by atoms with Crippen LogP contribution in [0.1, 0.15) is 51.4 Å². The molecule has 0 unspecified atom stereocenters. The van der Waals surface area contributed by atoms with Crippen LogP contribution in [0.5, 0.6) is 0 Å². The Balaban J connectivity index is 1.77. The molecule has 1 amide bonds. The second-order valence-electron chi connectivity index (χ2n) is 5.23. The molecule has 0 heterocycles. The molecule has 92 valence electrons. The molecule has 3 nitrogen and oxygen atoms in total. The summed E-state index contributed by atoms with van der Waals surface area (Å²) in [6, 6.07) is -0.329. The van der Waals surface area contributed by atoms with Crippen LogP contribution in [0, 0.1) is 0 Å². The fourth-order valence-corrected chi connectivity index (χ4v) is 2.57. The number of carbonyl (C=O) groups is 1. The molecule has 2 aliphatic rings. The van der Waals surface area contributed by atoms with E-state index in [1.165, 1.54) is 0 Å². The zero-order valence-electron chi connectivity index (χ0n) is 9.54. The Kier molecular flexibility index (Phi) is 3.47. The summed E-state index contributed by atoms with van der Waals surface area (Å²) < 4.78 is 13.5. The lowest BCUT2D eigenvalue weighted by molar-refractivity contribution is -0.131. The fraction of sp³-hybridized carbons (Fsp3) is 0.917. The summed E-state index contributed by atoms with van der Waals surface area (Å²) in [5.41, 5.74) is -0.801. The zero-order chi connectivity index (χ0) is 11.6. The number of aliphatic hydroxyl groups is 1. The Hall–Kier alpha value is -0.640. The number of halogens is 1. The van der Waals surface area contributed by atoms with Crippen LogP contribution >= 0.6 is 0 Å². The average molecular weight is 229 g/mol. The minimum absolute atomic E-state index is 0.135. The molecule has 0 spiro atoms. The van der Waals surface area contributed by atoms with Gasteiger partial charge >= 0.3 is 0 Å². The van der Waals surface area contributed by atoms with Crippen LogP contribution in [0.15, 0.2) is 0 Å². The molecular weight excluding hydrogens is 209 g/mol. The highest BCUT2D eigenvalue weighted by molar-refractivity contribution is 5.77. The molecule has 0 saturated heterocycles. The Morgan fingerprint density at radius 3 is 2.56 bits per heavy atom. The van der Waals surface area contributed by atoms with Gasteiger partial charge in [0.2, 0.25) is 5.91 Å². The lowest BCUT2D eigenvalue weighted by atomic mass is 9.77. The largest absolute Gasteiger partial charge is 0.389 e. The summed E-state index contributed by atoms with van der Waals surface area (Å²) in [6.07, 6.45) is 4.78. The van der Waals surface area contributed by atoms with Gasteiger partial charge in [0.15, 0.2) is 0 Å². The Morgan fingerprint density at radius 2 is 2.00 bits per heavy atom. The van der Waals surface area contributed by atoms with Crippen molar-refractivity contribution in [1.82, 2.24) is 5.32 Å². The zero-order valence-corrected chi connectivity index (χ0v) is 9.54. The van der Waals surface area contributed by atoms with Gasteiger partial charge in [0.1, 0.15) is 6.17 Å². The molecule has 2 fully saturated rings. The van der Waals surface area contributed by atoms with E-state index in [-0.39, 0.29) is 18.4 Å². The highest BCUT2D eigenvalue weighted by Gasteiger charge is 2.37. The predicted octanol–water partition coefficient (Wildman–Crippen LogP) is 1.69. The molecule has 4 heteroatoms. The number of rotatable bonds is 3. The van der Waals surface area contributed by atoms with Crippen molar-refractivity contribution in [1.29, 1.82) is 0 Å². The van der Waals surface area contributed by atoms with Crippen molar-refractivity contribution in [3.63, 3.8) is 0 Å². The van der Waals surface area contributed by atoms with Crippen molar-refractivity contribution >= 4 is 5.91 Å². The molecule has 2 atom stereocenters. The first-order valence-electron chi connectivity index (χ1n) is 6.25. The summed E-state index contributed by atoms with van der Waals surface area (Å²) in [5.74, 6) is -0.197. The predicted molar refractivity (Wildman–Crippen MR) is 58.7 cm³/mol. The van der Waals surface area contributed by atoms with Gasteiger partial charge in [-0.2, -0.15) is 0 Å². The van der Waals surface area contributed by atoms with E-state index < -0.39 is 11.8 Å². The third kappa shape index (κ3) is 2.73. The summed E-state index contributed by atoms with van der Waals surface area (Å²) in [6.45, 7) is 0. The van der Waals surface area contributed by atoms with E-state index in [1.54, 1.807) is 0 Å². The number of carbonyl (C=O) groups excluding carboxylic acids is 1. The third-order valence-corrected chi connectivity index (χ3v) is 3.80. The second-order valence-corrected chi connectivity index (χ2v) is 5.23. The molecule has 0 aromatic rings. The maximum atomic E-state index is 13.5. The number of alkyl halides is 1.